The van der Waals surface area contributed by atoms with Crippen molar-refractivity contribution in [2.24, 2.45) is 5.92 Å². The van der Waals surface area contributed by atoms with Crippen LogP contribution >= 0.6 is 0 Å². The lowest BCUT2D eigenvalue weighted by Crippen LogP contribution is -2.42. The van der Waals surface area contributed by atoms with Gasteiger partial charge in [-0.1, -0.05) is 6.07 Å². The predicted molar refractivity (Wildman–Crippen MR) is 114 cm³/mol. The van der Waals surface area contributed by atoms with Gasteiger partial charge in [0.05, 0.1) is 0 Å². The summed E-state index contributed by atoms with van der Waals surface area (Å²) in [4.78, 5) is 30.9. The largest absolute Gasteiger partial charge is 0.490 e. The number of amides is 2. The number of aromatic nitrogens is 1. The van der Waals surface area contributed by atoms with Crippen molar-refractivity contribution in [1.29, 1.82) is 0 Å². The smallest absolute Gasteiger partial charge is 0.251 e. The van der Waals surface area contributed by atoms with Gasteiger partial charge < -0.3 is 15.0 Å². The maximum atomic E-state index is 12.5. The fourth-order valence-electron chi connectivity index (χ4n) is 3.85. The van der Waals surface area contributed by atoms with Crippen molar-refractivity contribution >= 4 is 11.8 Å². The summed E-state index contributed by atoms with van der Waals surface area (Å²) in [7, 11) is 0. The van der Waals surface area contributed by atoms with E-state index in [1.54, 1.807) is 18.3 Å². The fraction of sp³-hybridized carbons (Fsp3) is 0.458. The molecule has 1 aromatic heterocycles. The highest BCUT2D eigenvalue weighted by molar-refractivity contribution is 5.94. The Kier molecular flexibility index (Phi) is 6.31. The van der Waals surface area contributed by atoms with E-state index in [0.29, 0.717) is 17.9 Å². The molecule has 1 N–H and O–H groups in total. The summed E-state index contributed by atoms with van der Waals surface area (Å²) < 4.78 is 6.08. The molecule has 1 saturated heterocycles. The molecular weight excluding hydrogens is 378 g/mol. The molecular formula is C24H29N3O3. The molecule has 1 unspecified atom stereocenters. The number of pyridine rings is 1. The Morgan fingerprint density at radius 1 is 1.10 bits per heavy atom. The zero-order valence-electron chi connectivity index (χ0n) is 17.4. The van der Waals surface area contributed by atoms with Gasteiger partial charge in [-0.05, 0) is 56.2 Å². The average molecular weight is 408 g/mol. The third kappa shape index (κ3) is 5.38. The van der Waals surface area contributed by atoms with Crippen LogP contribution in [0.3, 0.4) is 0 Å². The molecule has 4 rings (SSSR count). The predicted octanol–water partition coefficient (Wildman–Crippen LogP) is 3.22. The number of carbonyl (C=O) groups excluding carboxylic acids is 2. The Morgan fingerprint density at radius 2 is 1.83 bits per heavy atom. The van der Waals surface area contributed by atoms with Gasteiger partial charge in [0.2, 0.25) is 5.91 Å². The molecule has 2 aromatic rings. The maximum absolute atomic E-state index is 12.5. The molecule has 2 heterocycles. The molecule has 0 radical (unpaired) electrons. The molecule has 6 nitrogen and oxygen atoms in total. The van der Waals surface area contributed by atoms with Crippen LogP contribution in [0.2, 0.25) is 0 Å². The minimum Gasteiger partial charge on any atom is -0.490 e. The van der Waals surface area contributed by atoms with E-state index in [0.717, 1.165) is 50.2 Å². The van der Waals surface area contributed by atoms with Gasteiger partial charge in [-0.15, -0.1) is 0 Å². The Hall–Kier alpha value is -2.89. The monoisotopic (exact) mass is 407 g/mol. The number of hydrogen-bond acceptors (Lipinski definition) is 4. The Labute approximate surface area is 177 Å². The Balaban J connectivity index is 1.23. The number of rotatable bonds is 7. The number of benzene rings is 1. The third-order valence-corrected chi connectivity index (χ3v) is 5.72. The topological polar surface area (TPSA) is 71.5 Å². The van der Waals surface area contributed by atoms with Gasteiger partial charge in [-0.3, -0.25) is 14.6 Å². The molecule has 1 aromatic carbocycles. The fourth-order valence-corrected chi connectivity index (χ4v) is 3.85. The highest BCUT2D eigenvalue weighted by Crippen LogP contribution is 2.32. The first-order valence-electron chi connectivity index (χ1n) is 10.8. The molecule has 30 heavy (non-hydrogen) atoms. The van der Waals surface area contributed by atoms with E-state index in [1.807, 2.05) is 42.2 Å². The molecule has 6 heteroatoms. The number of nitrogens with one attached hydrogen (secondary N) is 1. The van der Waals surface area contributed by atoms with Gasteiger partial charge in [-0.25, -0.2) is 0 Å². The van der Waals surface area contributed by atoms with Gasteiger partial charge >= 0.3 is 0 Å². The molecule has 1 saturated carbocycles. The van der Waals surface area contributed by atoms with Crippen LogP contribution in [-0.2, 0) is 11.2 Å². The summed E-state index contributed by atoms with van der Waals surface area (Å²) >= 11 is 0. The lowest BCUT2D eigenvalue weighted by Gasteiger charge is -2.32. The molecule has 1 aliphatic heterocycles. The van der Waals surface area contributed by atoms with Crippen LogP contribution in [0.15, 0.2) is 48.7 Å². The summed E-state index contributed by atoms with van der Waals surface area (Å²) in [6.07, 6.45) is 6.38. The first-order valence-corrected chi connectivity index (χ1v) is 10.8. The maximum Gasteiger partial charge on any atom is 0.251 e. The summed E-state index contributed by atoms with van der Waals surface area (Å²) in [6.45, 7) is 3.52. The van der Waals surface area contributed by atoms with Crippen LogP contribution in [0.4, 0.5) is 0 Å². The molecule has 1 atom stereocenters. The molecule has 2 amide bonds. The van der Waals surface area contributed by atoms with Gasteiger partial charge in [0, 0.05) is 61.8 Å². The van der Waals surface area contributed by atoms with E-state index in [9.17, 15) is 9.59 Å². The van der Waals surface area contributed by atoms with Gasteiger partial charge in [-0.2, -0.15) is 0 Å². The SMILES string of the molecule is CC(Cc1ccccn1)NC(=O)c1ccc(OC2CCN(C(=O)C3CC3)CC2)cc1. The second kappa shape index (κ2) is 9.28. The zero-order valence-corrected chi connectivity index (χ0v) is 17.4. The standard InChI is InChI=1S/C24H29N3O3/c1-17(16-20-4-2-3-13-25-20)26-23(28)18-7-9-21(10-8-18)30-22-11-14-27(15-12-22)24(29)19-5-6-19/h2-4,7-10,13,17,19,22H,5-6,11-12,14-16H2,1H3,(H,26,28). The number of piperidine rings is 1. The van der Waals surface area contributed by atoms with Crippen molar-refractivity contribution in [2.75, 3.05) is 13.1 Å². The van der Waals surface area contributed by atoms with Gasteiger partial charge in [0.15, 0.2) is 0 Å². The molecule has 1 aliphatic carbocycles. The van der Waals surface area contributed by atoms with Gasteiger partial charge in [0.25, 0.3) is 5.91 Å². The average Bonchev–Trinajstić information content (AvgIpc) is 3.60. The van der Waals surface area contributed by atoms with Crippen LogP contribution in [0.1, 0.15) is 48.7 Å². The van der Waals surface area contributed by atoms with Crippen LogP contribution in [0.5, 0.6) is 5.75 Å². The van der Waals surface area contributed by atoms with Crippen LogP contribution < -0.4 is 10.1 Å². The first kappa shape index (κ1) is 20.4. The molecule has 158 valence electrons. The van der Waals surface area contributed by atoms with E-state index in [2.05, 4.69) is 10.3 Å². The number of ether oxygens (including phenoxy) is 1. The normalized spacial score (nSPS) is 18.0. The Bertz CT molecular complexity index is 857. The quantitative estimate of drug-likeness (QED) is 0.765. The molecule has 2 aliphatic rings. The van der Waals surface area contributed by atoms with Crippen LogP contribution in [-0.4, -0.2) is 46.9 Å². The van der Waals surface area contributed by atoms with E-state index >= 15 is 0 Å². The van der Waals surface area contributed by atoms with Gasteiger partial charge in [0.1, 0.15) is 11.9 Å². The molecule has 2 fully saturated rings. The van der Waals surface area contributed by atoms with Crippen molar-refractivity contribution in [2.45, 2.75) is 51.2 Å². The minimum absolute atomic E-state index is 0.00754. The van der Waals surface area contributed by atoms with Crippen molar-refractivity contribution in [3.8, 4) is 5.75 Å². The highest BCUT2D eigenvalue weighted by atomic mass is 16.5. The number of hydrogen-bond donors (Lipinski definition) is 1. The van der Waals surface area contributed by atoms with Crippen molar-refractivity contribution < 1.29 is 14.3 Å². The van der Waals surface area contributed by atoms with E-state index in [4.69, 9.17) is 4.74 Å². The molecule has 0 bridgehead atoms. The minimum atomic E-state index is -0.100. The number of carbonyl (C=O) groups is 2. The lowest BCUT2D eigenvalue weighted by atomic mass is 10.1. The Morgan fingerprint density at radius 3 is 2.47 bits per heavy atom. The summed E-state index contributed by atoms with van der Waals surface area (Å²) in [5.74, 6) is 1.27. The summed E-state index contributed by atoms with van der Waals surface area (Å²) in [5, 5.41) is 3.02. The second-order valence-electron chi connectivity index (χ2n) is 8.34. The number of nitrogens with zero attached hydrogens (tertiary/aromatic N) is 2. The van der Waals surface area contributed by atoms with E-state index in [1.165, 1.54) is 0 Å². The van der Waals surface area contributed by atoms with Crippen molar-refractivity contribution in [1.82, 2.24) is 15.2 Å². The second-order valence-corrected chi connectivity index (χ2v) is 8.34. The first-order chi connectivity index (χ1) is 14.6. The van der Waals surface area contributed by atoms with Crippen LogP contribution in [0, 0.1) is 5.92 Å². The summed E-state index contributed by atoms with van der Waals surface area (Å²) in [5.41, 5.74) is 1.57. The number of likely N-dealkylation sites (tertiary alicyclic amines) is 1. The lowest BCUT2D eigenvalue weighted by molar-refractivity contribution is -0.134. The third-order valence-electron chi connectivity index (χ3n) is 5.72. The highest BCUT2D eigenvalue weighted by Gasteiger charge is 2.35. The van der Waals surface area contributed by atoms with Crippen LogP contribution in [0.25, 0.3) is 0 Å². The van der Waals surface area contributed by atoms with E-state index in [-0.39, 0.29) is 24.0 Å². The van der Waals surface area contributed by atoms with Crippen molar-refractivity contribution in [3.63, 3.8) is 0 Å². The summed E-state index contributed by atoms with van der Waals surface area (Å²) in [6, 6.07) is 13.1. The zero-order chi connectivity index (χ0) is 20.9. The van der Waals surface area contributed by atoms with E-state index < -0.39 is 0 Å². The molecule has 0 spiro atoms. The van der Waals surface area contributed by atoms with Crippen molar-refractivity contribution in [3.05, 3.63) is 59.9 Å².